The molecule has 58 valence electrons. The van der Waals surface area contributed by atoms with Gasteiger partial charge in [0, 0.05) is 13.3 Å². The summed E-state index contributed by atoms with van der Waals surface area (Å²) in [6.45, 7) is 2.10. The summed E-state index contributed by atoms with van der Waals surface area (Å²) in [5.41, 5.74) is 2.66. The van der Waals surface area contributed by atoms with Gasteiger partial charge in [-0.15, -0.1) is 0 Å². The summed E-state index contributed by atoms with van der Waals surface area (Å²) in [5.74, 6) is 0. The molecule has 0 saturated carbocycles. The molecule has 4 heteroatoms. The van der Waals surface area contributed by atoms with Crippen molar-refractivity contribution in [2.75, 3.05) is 7.05 Å². The van der Waals surface area contributed by atoms with E-state index in [-0.39, 0.29) is 0 Å². The minimum atomic E-state index is 0.548. The first-order chi connectivity index (χ1) is 4.81. The van der Waals surface area contributed by atoms with E-state index in [1.165, 1.54) is 0 Å². The monoisotopic (exact) mass is 159 g/mol. The van der Waals surface area contributed by atoms with Gasteiger partial charge in [0.15, 0.2) is 5.11 Å². The Morgan fingerprint density at radius 3 is 2.90 bits per heavy atom. The lowest BCUT2D eigenvalue weighted by molar-refractivity contribution is 0.949. The van der Waals surface area contributed by atoms with Crippen LogP contribution in [0.5, 0.6) is 0 Å². The minimum absolute atomic E-state index is 0.548. The SMILES string of the molecule is CCC/C=N/NC(=S)NC. The molecule has 0 aromatic heterocycles. The summed E-state index contributed by atoms with van der Waals surface area (Å²) >= 11 is 4.77. The van der Waals surface area contributed by atoms with E-state index in [2.05, 4.69) is 22.8 Å². The zero-order valence-electron chi connectivity index (χ0n) is 6.35. The molecule has 0 spiro atoms. The molecule has 0 bridgehead atoms. The Morgan fingerprint density at radius 2 is 2.40 bits per heavy atom. The molecule has 10 heavy (non-hydrogen) atoms. The van der Waals surface area contributed by atoms with Gasteiger partial charge < -0.3 is 5.32 Å². The highest BCUT2D eigenvalue weighted by Gasteiger charge is 1.82. The molecule has 0 aliphatic heterocycles. The van der Waals surface area contributed by atoms with Gasteiger partial charge in [-0.3, -0.25) is 5.43 Å². The zero-order valence-corrected chi connectivity index (χ0v) is 7.16. The maximum absolute atomic E-state index is 4.77. The Hall–Kier alpha value is -0.640. The van der Waals surface area contributed by atoms with E-state index < -0.39 is 0 Å². The van der Waals surface area contributed by atoms with Gasteiger partial charge in [-0.2, -0.15) is 5.10 Å². The molecule has 0 radical (unpaired) electrons. The van der Waals surface area contributed by atoms with E-state index in [4.69, 9.17) is 12.2 Å². The third kappa shape index (κ3) is 5.50. The molecule has 0 amide bonds. The fourth-order valence-electron chi connectivity index (χ4n) is 0.354. The van der Waals surface area contributed by atoms with E-state index in [0.717, 1.165) is 12.8 Å². The van der Waals surface area contributed by atoms with Gasteiger partial charge in [-0.1, -0.05) is 13.3 Å². The van der Waals surface area contributed by atoms with Crippen LogP contribution in [0, 0.1) is 0 Å². The molecule has 0 aliphatic carbocycles. The van der Waals surface area contributed by atoms with Crippen LogP contribution < -0.4 is 10.7 Å². The van der Waals surface area contributed by atoms with Crippen LogP contribution in [0.4, 0.5) is 0 Å². The van der Waals surface area contributed by atoms with Crippen LogP contribution in [0.1, 0.15) is 19.8 Å². The largest absolute Gasteiger partial charge is 0.364 e. The van der Waals surface area contributed by atoms with Crippen molar-refractivity contribution >= 4 is 23.5 Å². The Bertz CT molecular complexity index is 122. The minimum Gasteiger partial charge on any atom is -0.364 e. The molecule has 0 heterocycles. The zero-order chi connectivity index (χ0) is 7.82. The first-order valence-corrected chi connectivity index (χ1v) is 3.71. The van der Waals surface area contributed by atoms with Crippen LogP contribution in [-0.4, -0.2) is 18.4 Å². The average molecular weight is 159 g/mol. The summed E-state index contributed by atoms with van der Waals surface area (Å²) in [6, 6.07) is 0. The number of rotatable bonds is 3. The number of unbranched alkanes of at least 4 members (excludes halogenated alkanes) is 1. The Morgan fingerprint density at radius 1 is 1.70 bits per heavy atom. The lowest BCUT2D eigenvalue weighted by Gasteiger charge is -1.98. The van der Waals surface area contributed by atoms with Gasteiger partial charge in [-0.05, 0) is 18.6 Å². The fraction of sp³-hybridized carbons (Fsp3) is 0.667. The third-order valence-corrected chi connectivity index (χ3v) is 1.20. The van der Waals surface area contributed by atoms with E-state index in [9.17, 15) is 0 Å². The molecular formula is C6H13N3S. The van der Waals surface area contributed by atoms with Crippen molar-refractivity contribution in [3.8, 4) is 0 Å². The van der Waals surface area contributed by atoms with Crippen molar-refractivity contribution < 1.29 is 0 Å². The van der Waals surface area contributed by atoms with Gasteiger partial charge in [0.05, 0.1) is 0 Å². The molecule has 0 atom stereocenters. The third-order valence-electron chi connectivity index (χ3n) is 0.902. The second-order valence-corrected chi connectivity index (χ2v) is 2.20. The number of hydrogen-bond acceptors (Lipinski definition) is 2. The second-order valence-electron chi connectivity index (χ2n) is 1.79. The molecule has 0 saturated heterocycles. The van der Waals surface area contributed by atoms with Crippen LogP contribution in [0.3, 0.4) is 0 Å². The average Bonchev–Trinajstić information content (AvgIpc) is 1.98. The summed E-state index contributed by atoms with van der Waals surface area (Å²) < 4.78 is 0. The van der Waals surface area contributed by atoms with Gasteiger partial charge in [0.1, 0.15) is 0 Å². The molecule has 0 rings (SSSR count). The first kappa shape index (κ1) is 9.36. The molecule has 3 nitrogen and oxygen atoms in total. The van der Waals surface area contributed by atoms with Crippen molar-refractivity contribution in [1.29, 1.82) is 0 Å². The number of hydrazone groups is 1. The van der Waals surface area contributed by atoms with Crippen molar-refractivity contribution in [2.45, 2.75) is 19.8 Å². The quantitative estimate of drug-likeness (QED) is 0.364. The molecule has 0 aliphatic rings. The maximum atomic E-state index is 4.77. The van der Waals surface area contributed by atoms with Crippen molar-refractivity contribution in [1.82, 2.24) is 10.7 Å². The molecule has 0 fully saturated rings. The van der Waals surface area contributed by atoms with Gasteiger partial charge in [0.2, 0.25) is 0 Å². The predicted molar refractivity (Wildman–Crippen MR) is 48.2 cm³/mol. The van der Waals surface area contributed by atoms with E-state index in [0.29, 0.717) is 5.11 Å². The van der Waals surface area contributed by atoms with Gasteiger partial charge in [-0.25, -0.2) is 0 Å². The molecule has 2 N–H and O–H groups in total. The predicted octanol–water partition coefficient (Wildman–Crippen LogP) is 0.866. The van der Waals surface area contributed by atoms with Crippen LogP contribution in [0.15, 0.2) is 5.10 Å². The lowest BCUT2D eigenvalue weighted by atomic mass is 10.4. The maximum Gasteiger partial charge on any atom is 0.186 e. The molecule has 0 aromatic rings. The highest BCUT2D eigenvalue weighted by Crippen LogP contribution is 1.78. The Kier molecular flexibility index (Phi) is 6.06. The van der Waals surface area contributed by atoms with E-state index >= 15 is 0 Å². The van der Waals surface area contributed by atoms with Crippen molar-refractivity contribution in [3.05, 3.63) is 0 Å². The van der Waals surface area contributed by atoms with Gasteiger partial charge >= 0.3 is 0 Å². The number of nitrogens with one attached hydrogen (secondary N) is 2. The van der Waals surface area contributed by atoms with Crippen molar-refractivity contribution in [3.63, 3.8) is 0 Å². The van der Waals surface area contributed by atoms with Gasteiger partial charge in [0.25, 0.3) is 0 Å². The second kappa shape index (κ2) is 6.48. The van der Waals surface area contributed by atoms with E-state index in [1.807, 2.05) is 6.21 Å². The fourth-order valence-corrected chi connectivity index (χ4v) is 0.407. The van der Waals surface area contributed by atoms with Crippen LogP contribution >= 0.6 is 12.2 Å². The topological polar surface area (TPSA) is 36.4 Å². The van der Waals surface area contributed by atoms with E-state index in [1.54, 1.807) is 7.05 Å². The number of thiocarbonyl (C=S) groups is 1. The molecule has 0 aromatic carbocycles. The lowest BCUT2D eigenvalue weighted by Crippen LogP contribution is -2.28. The molecular weight excluding hydrogens is 146 g/mol. The summed E-state index contributed by atoms with van der Waals surface area (Å²) in [6.07, 6.45) is 3.90. The number of nitrogens with zero attached hydrogens (tertiary/aromatic N) is 1. The molecule has 0 unspecified atom stereocenters. The standard InChI is InChI=1S/C6H13N3S/c1-3-4-5-8-9-6(10)7-2/h5H,3-4H2,1-2H3,(H2,7,9,10)/b8-5+. The highest BCUT2D eigenvalue weighted by molar-refractivity contribution is 7.80. The van der Waals surface area contributed by atoms with Crippen LogP contribution in [0.25, 0.3) is 0 Å². The normalized spacial score (nSPS) is 9.80. The first-order valence-electron chi connectivity index (χ1n) is 3.30. The van der Waals surface area contributed by atoms with Crippen LogP contribution in [0.2, 0.25) is 0 Å². The summed E-state index contributed by atoms with van der Waals surface area (Å²) in [5, 5.41) is 7.15. The smallest absolute Gasteiger partial charge is 0.186 e. The van der Waals surface area contributed by atoms with Crippen molar-refractivity contribution in [2.24, 2.45) is 5.10 Å². The Labute approximate surface area is 66.9 Å². The van der Waals surface area contributed by atoms with Crippen LogP contribution in [-0.2, 0) is 0 Å². The Balaban J connectivity index is 3.25. The summed E-state index contributed by atoms with van der Waals surface area (Å²) in [4.78, 5) is 0. The highest BCUT2D eigenvalue weighted by atomic mass is 32.1. The number of hydrogen-bond donors (Lipinski definition) is 2. The summed E-state index contributed by atoms with van der Waals surface area (Å²) in [7, 11) is 1.75.